The van der Waals surface area contributed by atoms with Gasteiger partial charge >= 0.3 is 0 Å². The molecule has 0 aliphatic carbocycles. The molecule has 0 aromatic heterocycles. The van der Waals surface area contributed by atoms with Gasteiger partial charge in [-0.2, -0.15) is 0 Å². The number of amides is 2. The van der Waals surface area contributed by atoms with Gasteiger partial charge in [-0.05, 0) is 47.7 Å². The minimum atomic E-state index is -0.743. The molecule has 200 valence electrons. The van der Waals surface area contributed by atoms with Crippen LogP contribution in [0.2, 0.25) is 10.0 Å². The highest BCUT2D eigenvalue weighted by Crippen LogP contribution is 2.33. The molecule has 8 heteroatoms. The van der Waals surface area contributed by atoms with Gasteiger partial charge in [-0.3, -0.25) is 9.59 Å². The summed E-state index contributed by atoms with van der Waals surface area (Å²) in [6.07, 6.45) is 1.04. The number of aryl methyl sites for hydroxylation is 1. The second-order valence-electron chi connectivity index (χ2n) is 9.75. The van der Waals surface area contributed by atoms with Crippen molar-refractivity contribution >= 4 is 35.0 Å². The summed E-state index contributed by atoms with van der Waals surface area (Å²) in [5.41, 5.74) is 2.51. The van der Waals surface area contributed by atoms with Gasteiger partial charge in [0.15, 0.2) is 11.5 Å². The molecule has 1 heterocycles. The Morgan fingerprint density at radius 2 is 1.63 bits per heavy atom. The van der Waals surface area contributed by atoms with Crippen molar-refractivity contribution in [3.63, 3.8) is 0 Å². The fourth-order valence-corrected chi connectivity index (χ4v) is 4.84. The number of ether oxygens (including phenoxy) is 2. The summed E-state index contributed by atoms with van der Waals surface area (Å²) in [6.45, 7) is 4.88. The van der Waals surface area contributed by atoms with Crippen molar-refractivity contribution in [3.8, 4) is 11.5 Å². The molecule has 0 unspecified atom stereocenters. The zero-order chi connectivity index (χ0) is 27.1. The fourth-order valence-electron chi connectivity index (χ4n) is 4.32. The van der Waals surface area contributed by atoms with Crippen LogP contribution in [0.4, 0.5) is 0 Å². The Hall–Kier alpha value is -3.22. The molecule has 0 spiro atoms. The Balaban J connectivity index is 1.63. The topological polar surface area (TPSA) is 67.9 Å². The van der Waals surface area contributed by atoms with Crippen LogP contribution in [0, 0.1) is 5.92 Å². The van der Waals surface area contributed by atoms with E-state index in [-0.39, 0.29) is 37.5 Å². The van der Waals surface area contributed by atoms with E-state index in [1.807, 2.05) is 62.4 Å². The predicted octanol–water partition coefficient (Wildman–Crippen LogP) is 6.07. The Bertz CT molecular complexity index is 1250. The van der Waals surface area contributed by atoms with Gasteiger partial charge in [-0.1, -0.05) is 79.5 Å². The third-order valence-corrected chi connectivity index (χ3v) is 7.12. The molecule has 3 aromatic rings. The van der Waals surface area contributed by atoms with Gasteiger partial charge in [-0.25, -0.2) is 0 Å². The van der Waals surface area contributed by atoms with Crippen LogP contribution in [0.5, 0.6) is 11.5 Å². The number of nitrogens with zero attached hydrogens (tertiary/aromatic N) is 1. The number of halogens is 2. The second kappa shape index (κ2) is 13.0. The van der Waals surface area contributed by atoms with Crippen LogP contribution < -0.4 is 14.8 Å². The molecule has 1 atom stereocenters. The maximum Gasteiger partial charge on any atom is 0.243 e. The fraction of sp³-hybridized carbons (Fsp3) is 0.333. The molecule has 38 heavy (non-hydrogen) atoms. The number of carbonyl (C=O) groups is 2. The van der Waals surface area contributed by atoms with E-state index in [2.05, 4.69) is 5.32 Å². The lowest BCUT2D eigenvalue weighted by molar-refractivity contribution is -0.141. The first-order valence-corrected chi connectivity index (χ1v) is 13.5. The second-order valence-corrected chi connectivity index (χ2v) is 10.6. The zero-order valence-corrected chi connectivity index (χ0v) is 23.1. The minimum Gasteiger partial charge on any atom is -0.454 e. The van der Waals surface area contributed by atoms with Gasteiger partial charge in [0.1, 0.15) is 6.04 Å². The van der Waals surface area contributed by atoms with Crippen molar-refractivity contribution in [3.05, 3.63) is 93.5 Å². The van der Waals surface area contributed by atoms with Crippen LogP contribution >= 0.6 is 23.2 Å². The van der Waals surface area contributed by atoms with Crippen LogP contribution in [0.1, 0.15) is 37.0 Å². The Kier molecular flexibility index (Phi) is 9.53. The third-order valence-electron chi connectivity index (χ3n) is 6.41. The van der Waals surface area contributed by atoms with Gasteiger partial charge < -0.3 is 19.7 Å². The average molecular weight is 556 g/mol. The lowest BCUT2D eigenvalue weighted by Gasteiger charge is -2.32. The molecule has 0 saturated heterocycles. The van der Waals surface area contributed by atoms with E-state index in [4.69, 9.17) is 32.7 Å². The number of hydrogen-bond donors (Lipinski definition) is 1. The summed E-state index contributed by atoms with van der Waals surface area (Å²) in [7, 11) is 0. The van der Waals surface area contributed by atoms with E-state index in [0.717, 1.165) is 11.1 Å². The van der Waals surface area contributed by atoms with E-state index in [1.54, 1.807) is 23.1 Å². The van der Waals surface area contributed by atoms with Crippen LogP contribution in [0.3, 0.4) is 0 Å². The van der Waals surface area contributed by atoms with Crippen molar-refractivity contribution in [2.45, 2.75) is 45.7 Å². The normalized spacial score (nSPS) is 12.9. The number of benzene rings is 3. The quantitative estimate of drug-likeness (QED) is 0.312. The van der Waals surface area contributed by atoms with Crippen molar-refractivity contribution < 1.29 is 19.1 Å². The van der Waals surface area contributed by atoms with Crippen molar-refractivity contribution in [2.75, 3.05) is 13.3 Å². The molecule has 1 aliphatic heterocycles. The first-order valence-electron chi connectivity index (χ1n) is 12.7. The maximum absolute atomic E-state index is 13.9. The molecule has 3 aromatic carbocycles. The summed E-state index contributed by atoms with van der Waals surface area (Å²) in [5.74, 6) is 1.26. The SMILES string of the molecule is CC(C)CNC(=O)[C@@H](Cc1ccccc1)N(Cc1c(Cl)cccc1Cl)C(=O)CCc1ccc2c(c1)OCO2. The van der Waals surface area contributed by atoms with E-state index in [9.17, 15) is 9.59 Å². The summed E-state index contributed by atoms with van der Waals surface area (Å²) < 4.78 is 10.9. The lowest BCUT2D eigenvalue weighted by Crippen LogP contribution is -2.51. The molecule has 0 fully saturated rings. The summed E-state index contributed by atoms with van der Waals surface area (Å²) in [5, 5.41) is 3.93. The van der Waals surface area contributed by atoms with Crippen molar-refractivity contribution in [1.82, 2.24) is 10.2 Å². The average Bonchev–Trinajstić information content (AvgIpc) is 3.38. The molecule has 1 N–H and O–H groups in total. The lowest BCUT2D eigenvalue weighted by atomic mass is 10.0. The highest BCUT2D eigenvalue weighted by atomic mass is 35.5. The summed E-state index contributed by atoms with van der Waals surface area (Å²) >= 11 is 13.0. The van der Waals surface area contributed by atoms with Gasteiger partial charge in [0.2, 0.25) is 18.6 Å². The molecule has 4 rings (SSSR count). The monoisotopic (exact) mass is 554 g/mol. The van der Waals surface area contributed by atoms with Crippen LogP contribution in [-0.2, 0) is 29.0 Å². The molecule has 0 radical (unpaired) electrons. The van der Waals surface area contributed by atoms with E-state index in [1.165, 1.54) is 0 Å². The molecular weight excluding hydrogens is 523 g/mol. The van der Waals surface area contributed by atoms with E-state index < -0.39 is 6.04 Å². The van der Waals surface area contributed by atoms with Gasteiger partial charge in [0.25, 0.3) is 0 Å². The van der Waals surface area contributed by atoms with E-state index >= 15 is 0 Å². The van der Waals surface area contributed by atoms with Gasteiger partial charge in [0, 0.05) is 41.5 Å². The van der Waals surface area contributed by atoms with Crippen LogP contribution in [-0.4, -0.2) is 36.1 Å². The van der Waals surface area contributed by atoms with Crippen molar-refractivity contribution in [1.29, 1.82) is 0 Å². The Labute approximate surface area is 233 Å². The molecular formula is C30H32Cl2N2O4. The van der Waals surface area contributed by atoms with Gasteiger partial charge in [-0.15, -0.1) is 0 Å². The smallest absolute Gasteiger partial charge is 0.243 e. The number of hydrogen-bond acceptors (Lipinski definition) is 4. The summed E-state index contributed by atoms with van der Waals surface area (Å²) in [4.78, 5) is 29.0. The molecule has 0 saturated carbocycles. The third kappa shape index (κ3) is 7.21. The number of carbonyl (C=O) groups excluding carboxylic acids is 2. The number of nitrogens with one attached hydrogen (secondary N) is 1. The molecule has 0 bridgehead atoms. The maximum atomic E-state index is 13.9. The van der Waals surface area contributed by atoms with E-state index in [0.29, 0.717) is 46.5 Å². The molecule has 1 aliphatic rings. The minimum absolute atomic E-state index is 0.116. The largest absolute Gasteiger partial charge is 0.454 e. The Morgan fingerprint density at radius 1 is 0.921 bits per heavy atom. The van der Waals surface area contributed by atoms with Gasteiger partial charge in [0.05, 0.1) is 0 Å². The highest BCUT2D eigenvalue weighted by Gasteiger charge is 2.31. The highest BCUT2D eigenvalue weighted by molar-refractivity contribution is 6.36. The first kappa shape index (κ1) is 27.8. The standard InChI is InChI=1S/C30H32Cl2N2O4/c1-20(2)17-33-30(36)26(15-21-7-4-3-5-8-21)34(18-23-24(31)9-6-10-25(23)32)29(35)14-12-22-11-13-27-28(16-22)38-19-37-27/h3-11,13,16,20,26H,12,14-15,17-19H2,1-2H3,(H,33,36)/t26-/m1/s1. The zero-order valence-electron chi connectivity index (χ0n) is 21.6. The number of fused-ring (bicyclic) bond motifs is 1. The van der Waals surface area contributed by atoms with Crippen molar-refractivity contribution in [2.24, 2.45) is 5.92 Å². The van der Waals surface area contributed by atoms with Crippen LogP contribution in [0.25, 0.3) is 0 Å². The van der Waals surface area contributed by atoms with Crippen LogP contribution in [0.15, 0.2) is 66.7 Å². The molecule has 2 amide bonds. The molecule has 6 nitrogen and oxygen atoms in total. The number of rotatable bonds is 11. The first-order chi connectivity index (χ1) is 18.3. The summed E-state index contributed by atoms with van der Waals surface area (Å²) in [6, 6.07) is 19.9. The Morgan fingerprint density at radius 3 is 2.34 bits per heavy atom. The predicted molar refractivity (Wildman–Crippen MR) is 150 cm³/mol.